The highest BCUT2D eigenvalue weighted by molar-refractivity contribution is 9.10. The first-order valence-electron chi connectivity index (χ1n) is 11.2. The van der Waals surface area contributed by atoms with E-state index < -0.39 is 11.1 Å². The molecule has 7 nitrogen and oxygen atoms in total. The Labute approximate surface area is 221 Å². The Hall–Kier alpha value is -2.49. The molecule has 2 fully saturated rings. The first-order valence-corrected chi connectivity index (χ1v) is 13.2. The van der Waals surface area contributed by atoms with Crippen molar-refractivity contribution in [1.29, 1.82) is 0 Å². The first kappa shape index (κ1) is 25.6. The summed E-state index contributed by atoms with van der Waals surface area (Å²) in [6.45, 7) is 3.64. The lowest BCUT2D eigenvalue weighted by Gasteiger charge is -2.18. The van der Waals surface area contributed by atoms with Crippen molar-refractivity contribution in [3.8, 4) is 11.5 Å². The first-order chi connectivity index (χ1) is 16.9. The van der Waals surface area contributed by atoms with E-state index in [2.05, 4.69) is 15.9 Å². The average Bonchev–Trinajstić information content (AvgIpc) is 3.45. The summed E-state index contributed by atoms with van der Waals surface area (Å²) in [6, 6.07) is 11.1. The summed E-state index contributed by atoms with van der Waals surface area (Å²) in [5, 5.41) is -0.137. The molecule has 2 aromatic rings. The Morgan fingerprint density at radius 3 is 2.54 bits per heavy atom. The number of hydrogen-bond donors (Lipinski definition) is 0. The largest absolute Gasteiger partial charge is 0.490 e. The standard InChI is InChI=1S/C25H24BrClN2O5S/c1-2-33-20-12-17(11-19(27)23(20)34-15-16-5-7-18(26)8-6-16)13-21-24(31)29(25(32)35-21)14-22(30)28-9-3-4-10-28/h5-8,11-13H,2-4,9-10,14-15H2,1H3/b21-13+. The minimum Gasteiger partial charge on any atom is -0.490 e. The van der Waals surface area contributed by atoms with Crippen molar-refractivity contribution in [3.63, 3.8) is 0 Å². The highest BCUT2D eigenvalue weighted by Gasteiger charge is 2.37. The van der Waals surface area contributed by atoms with Gasteiger partial charge in [-0.05, 0) is 73.0 Å². The van der Waals surface area contributed by atoms with Crippen LogP contribution in [-0.2, 0) is 16.2 Å². The van der Waals surface area contributed by atoms with Crippen molar-refractivity contribution >= 4 is 62.4 Å². The third-order valence-corrected chi connectivity index (χ3v) is 7.27. The molecule has 184 valence electrons. The van der Waals surface area contributed by atoms with Gasteiger partial charge in [0.1, 0.15) is 13.2 Å². The van der Waals surface area contributed by atoms with Crippen LogP contribution in [0.3, 0.4) is 0 Å². The number of carbonyl (C=O) groups excluding carboxylic acids is 3. The van der Waals surface area contributed by atoms with E-state index in [0.717, 1.165) is 39.5 Å². The van der Waals surface area contributed by atoms with E-state index in [9.17, 15) is 14.4 Å². The van der Waals surface area contributed by atoms with Crippen molar-refractivity contribution in [2.45, 2.75) is 26.4 Å². The minimum atomic E-state index is -0.489. The normalized spacial score (nSPS) is 16.9. The third-order valence-electron chi connectivity index (χ3n) is 5.55. The monoisotopic (exact) mass is 578 g/mol. The molecular formula is C25H24BrClN2O5S. The van der Waals surface area contributed by atoms with Crippen LogP contribution in [0.5, 0.6) is 11.5 Å². The van der Waals surface area contributed by atoms with E-state index in [1.54, 1.807) is 23.1 Å². The lowest BCUT2D eigenvalue weighted by molar-refractivity contribution is -0.135. The zero-order chi connectivity index (χ0) is 24.9. The zero-order valence-electron chi connectivity index (χ0n) is 19.1. The maximum atomic E-state index is 12.9. The SMILES string of the molecule is CCOc1cc(/C=C2/SC(=O)N(CC(=O)N3CCCC3)C2=O)cc(Cl)c1OCc1ccc(Br)cc1. The lowest BCUT2D eigenvalue weighted by atomic mass is 10.1. The number of ether oxygens (including phenoxy) is 2. The second-order valence-electron chi connectivity index (χ2n) is 8.03. The number of nitrogens with zero attached hydrogens (tertiary/aromatic N) is 2. The number of amides is 3. The van der Waals surface area contributed by atoms with Gasteiger partial charge in [-0.2, -0.15) is 0 Å². The number of likely N-dealkylation sites (tertiary alicyclic amines) is 1. The van der Waals surface area contributed by atoms with Crippen LogP contribution in [0.15, 0.2) is 45.8 Å². The van der Waals surface area contributed by atoms with Crippen LogP contribution in [0.25, 0.3) is 6.08 Å². The topological polar surface area (TPSA) is 76.2 Å². The number of benzene rings is 2. The molecule has 2 heterocycles. The van der Waals surface area contributed by atoms with Gasteiger partial charge in [0.15, 0.2) is 11.5 Å². The molecule has 2 aromatic carbocycles. The van der Waals surface area contributed by atoms with E-state index in [0.29, 0.717) is 48.4 Å². The summed E-state index contributed by atoms with van der Waals surface area (Å²) in [7, 11) is 0. The van der Waals surface area contributed by atoms with Gasteiger partial charge in [0.25, 0.3) is 11.1 Å². The van der Waals surface area contributed by atoms with Crippen LogP contribution in [0, 0.1) is 0 Å². The van der Waals surface area contributed by atoms with Crippen LogP contribution in [0.2, 0.25) is 5.02 Å². The maximum Gasteiger partial charge on any atom is 0.294 e. The third kappa shape index (κ3) is 6.20. The van der Waals surface area contributed by atoms with Crippen molar-refractivity contribution in [3.05, 3.63) is 61.9 Å². The van der Waals surface area contributed by atoms with Crippen molar-refractivity contribution in [2.75, 3.05) is 26.2 Å². The van der Waals surface area contributed by atoms with Gasteiger partial charge in [0, 0.05) is 17.6 Å². The van der Waals surface area contributed by atoms with E-state index in [-0.39, 0.29) is 17.4 Å². The zero-order valence-corrected chi connectivity index (χ0v) is 22.2. The summed E-state index contributed by atoms with van der Waals surface area (Å²) < 4.78 is 12.7. The molecule has 0 radical (unpaired) electrons. The fraction of sp³-hybridized carbons (Fsp3) is 0.320. The lowest BCUT2D eigenvalue weighted by Crippen LogP contribution is -2.40. The van der Waals surface area contributed by atoms with Gasteiger partial charge < -0.3 is 14.4 Å². The van der Waals surface area contributed by atoms with Gasteiger partial charge in [0.2, 0.25) is 5.91 Å². The Morgan fingerprint density at radius 1 is 1.14 bits per heavy atom. The molecule has 0 saturated carbocycles. The van der Waals surface area contributed by atoms with E-state index >= 15 is 0 Å². The van der Waals surface area contributed by atoms with Crippen LogP contribution >= 0.6 is 39.3 Å². The molecule has 3 amide bonds. The number of thioether (sulfide) groups is 1. The van der Waals surface area contributed by atoms with Crippen LogP contribution < -0.4 is 9.47 Å². The molecule has 0 aliphatic carbocycles. The summed E-state index contributed by atoms with van der Waals surface area (Å²) in [5.74, 6) is 0.141. The molecule has 0 spiro atoms. The maximum absolute atomic E-state index is 12.9. The van der Waals surface area contributed by atoms with E-state index in [1.807, 2.05) is 31.2 Å². The van der Waals surface area contributed by atoms with E-state index in [4.69, 9.17) is 21.1 Å². The Bertz CT molecular complexity index is 1170. The van der Waals surface area contributed by atoms with Crippen molar-refractivity contribution in [1.82, 2.24) is 9.80 Å². The average molecular weight is 580 g/mol. The summed E-state index contributed by atoms with van der Waals surface area (Å²) in [6.07, 6.45) is 3.47. The van der Waals surface area contributed by atoms with Gasteiger partial charge in [-0.3, -0.25) is 19.3 Å². The van der Waals surface area contributed by atoms with Gasteiger partial charge in [-0.15, -0.1) is 0 Å². The second kappa shape index (κ2) is 11.5. The summed E-state index contributed by atoms with van der Waals surface area (Å²) in [4.78, 5) is 40.7. The summed E-state index contributed by atoms with van der Waals surface area (Å²) >= 11 is 10.7. The molecule has 2 saturated heterocycles. The predicted molar refractivity (Wildman–Crippen MR) is 140 cm³/mol. The van der Waals surface area contributed by atoms with Gasteiger partial charge >= 0.3 is 0 Å². The highest BCUT2D eigenvalue weighted by Crippen LogP contribution is 2.39. The molecule has 0 N–H and O–H groups in total. The van der Waals surface area contributed by atoms with Gasteiger partial charge in [-0.25, -0.2) is 0 Å². The Morgan fingerprint density at radius 2 is 1.86 bits per heavy atom. The fourth-order valence-corrected chi connectivity index (χ4v) is 5.18. The quantitative estimate of drug-likeness (QED) is 0.371. The van der Waals surface area contributed by atoms with Crippen LogP contribution in [0.1, 0.15) is 30.9 Å². The molecule has 2 aliphatic rings. The number of imide groups is 1. The van der Waals surface area contributed by atoms with Crippen LogP contribution in [-0.4, -0.2) is 53.1 Å². The van der Waals surface area contributed by atoms with Crippen LogP contribution in [0.4, 0.5) is 4.79 Å². The number of carbonyl (C=O) groups is 3. The second-order valence-corrected chi connectivity index (χ2v) is 10.3. The molecule has 2 aliphatic heterocycles. The molecule has 10 heteroatoms. The molecule has 0 aromatic heterocycles. The van der Waals surface area contributed by atoms with E-state index in [1.165, 1.54) is 0 Å². The number of rotatable bonds is 8. The molecule has 4 rings (SSSR count). The number of halogens is 2. The predicted octanol–water partition coefficient (Wildman–Crippen LogP) is 5.74. The molecular weight excluding hydrogens is 556 g/mol. The molecule has 0 atom stereocenters. The molecule has 0 bridgehead atoms. The van der Waals surface area contributed by atoms with Crippen molar-refractivity contribution in [2.24, 2.45) is 0 Å². The van der Waals surface area contributed by atoms with Crippen molar-refractivity contribution < 1.29 is 23.9 Å². The molecule has 35 heavy (non-hydrogen) atoms. The van der Waals surface area contributed by atoms with Gasteiger partial charge in [-0.1, -0.05) is 39.7 Å². The van der Waals surface area contributed by atoms with Gasteiger partial charge in [0.05, 0.1) is 16.5 Å². The minimum absolute atomic E-state index is 0.208. The summed E-state index contributed by atoms with van der Waals surface area (Å²) in [5.41, 5.74) is 1.55. The smallest absolute Gasteiger partial charge is 0.294 e. The number of hydrogen-bond acceptors (Lipinski definition) is 6. The fourth-order valence-electron chi connectivity index (χ4n) is 3.80. The Balaban J connectivity index is 1.51. The highest BCUT2D eigenvalue weighted by atomic mass is 79.9. The molecule has 0 unspecified atom stereocenters. The Kier molecular flexibility index (Phi) is 8.41.